The van der Waals surface area contributed by atoms with E-state index in [1.165, 1.54) is 55.8 Å². The number of benzene rings is 4. The number of morpholine rings is 1. The summed E-state index contributed by atoms with van der Waals surface area (Å²) in [6, 6.07) is 24.7. The van der Waals surface area contributed by atoms with Crippen LogP contribution < -0.4 is 4.90 Å². The Labute approximate surface area is 248 Å². The van der Waals surface area contributed by atoms with E-state index in [2.05, 4.69) is 106 Å². The van der Waals surface area contributed by atoms with E-state index in [4.69, 9.17) is 4.74 Å². The number of hydrogen-bond donors (Lipinski definition) is 1. The van der Waals surface area contributed by atoms with E-state index in [0.717, 1.165) is 44.5 Å². The number of nitrogens with zero attached hydrogens (tertiary/aromatic N) is 1. The molecule has 0 bridgehead atoms. The lowest BCUT2D eigenvalue weighted by molar-refractivity contribution is 0.0645. The van der Waals surface area contributed by atoms with Crippen LogP contribution in [0.4, 0.5) is 5.69 Å². The zero-order chi connectivity index (χ0) is 28.6. The molecule has 0 atom stereocenters. The largest absolute Gasteiger partial charge is 0.507 e. The molecule has 1 saturated carbocycles. The van der Waals surface area contributed by atoms with Crippen molar-refractivity contribution in [1.29, 1.82) is 0 Å². The lowest BCUT2D eigenvalue weighted by Crippen LogP contribution is -2.43. The molecule has 3 aliphatic rings. The predicted octanol–water partition coefficient (Wildman–Crippen LogP) is 9.27. The van der Waals surface area contributed by atoms with Gasteiger partial charge in [-0.15, -0.1) is 11.8 Å². The van der Waals surface area contributed by atoms with E-state index >= 15 is 0 Å². The van der Waals surface area contributed by atoms with Crippen molar-refractivity contribution in [2.75, 3.05) is 37.5 Å². The monoisotopic (exact) mass is 563 g/mol. The van der Waals surface area contributed by atoms with Crippen molar-refractivity contribution in [3.05, 3.63) is 77.9 Å². The van der Waals surface area contributed by atoms with E-state index in [9.17, 15) is 5.11 Å². The molecule has 4 aromatic rings. The maximum atomic E-state index is 11.7. The Kier molecular flexibility index (Phi) is 6.26. The van der Waals surface area contributed by atoms with Gasteiger partial charge in [0.2, 0.25) is 0 Å². The van der Waals surface area contributed by atoms with Gasteiger partial charge in [-0.2, -0.15) is 0 Å². The molecular weight excluding hydrogens is 522 g/mol. The molecule has 0 aromatic heterocycles. The molecule has 3 nitrogen and oxygen atoms in total. The molecule has 212 valence electrons. The van der Waals surface area contributed by atoms with Crippen molar-refractivity contribution < 1.29 is 9.84 Å². The third-order valence-electron chi connectivity index (χ3n) is 9.74. The number of hydrogen-bond acceptors (Lipinski definition) is 4. The second kappa shape index (κ2) is 9.54. The molecule has 1 spiro atoms. The van der Waals surface area contributed by atoms with E-state index in [1.807, 2.05) is 0 Å². The molecule has 4 heteroatoms. The number of aromatic hydroxyl groups is 1. The van der Waals surface area contributed by atoms with Crippen molar-refractivity contribution >= 4 is 28.2 Å². The highest BCUT2D eigenvalue weighted by Crippen LogP contribution is 2.65. The van der Waals surface area contributed by atoms with E-state index in [0.29, 0.717) is 5.75 Å². The fourth-order valence-corrected chi connectivity index (χ4v) is 9.56. The van der Waals surface area contributed by atoms with Crippen LogP contribution in [0.15, 0.2) is 71.6 Å². The molecule has 4 aromatic carbocycles. The smallest absolute Gasteiger partial charge is 0.123 e. The quantitative estimate of drug-likeness (QED) is 0.252. The van der Waals surface area contributed by atoms with Crippen molar-refractivity contribution in [3.8, 4) is 28.0 Å². The van der Waals surface area contributed by atoms with Crippen LogP contribution in [-0.2, 0) is 10.2 Å². The molecule has 41 heavy (non-hydrogen) atoms. The highest BCUT2D eigenvalue weighted by Gasteiger charge is 2.53. The van der Waals surface area contributed by atoms with Gasteiger partial charge in [0.05, 0.1) is 13.2 Å². The summed E-state index contributed by atoms with van der Waals surface area (Å²) in [6.45, 7) is 13.2. The van der Waals surface area contributed by atoms with Gasteiger partial charge in [0.25, 0.3) is 0 Å². The molecule has 7 rings (SSSR count). The van der Waals surface area contributed by atoms with Gasteiger partial charge < -0.3 is 14.7 Å². The first kappa shape index (κ1) is 26.9. The normalized spacial score (nSPS) is 20.3. The standard InChI is InChI=1S/C37H41NO2S/c1-35(2)21-36(3,4)23-37(22-35)30-9-7-6-8-26(30)34-29-19-33(41-5)27(18-28(29)32(39)20-31(34)37)24-10-12-25(13-11-24)38-14-16-40-17-15-38/h6-13,18-20,39H,14-17,21-23H2,1-5H3. The third-order valence-corrected chi connectivity index (χ3v) is 10.5. The zero-order valence-corrected chi connectivity index (χ0v) is 25.8. The summed E-state index contributed by atoms with van der Waals surface area (Å²) < 4.78 is 5.54. The molecule has 2 aliphatic carbocycles. The first-order valence-corrected chi connectivity index (χ1v) is 16.2. The summed E-state index contributed by atoms with van der Waals surface area (Å²) >= 11 is 1.79. The highest BCUT2D eigenvalue weighted by molar-refractivity contribution is 7.98. The summed E-state index contributed by atoms with van der Waals surface area (Å²) in [5.41, 5.74) is 9.36. The van der Waals surface area contributed by atoms with Crippen LogP contribution in [0.5, 0.6) is 5.75 Å². The van der Waals surface area contributed by atoms with Gasteiger partial charge in [0, 0.05) is 34.5 Å². The number of phenols is 1. The van der Waals surface area contributed by atoms with E-state index in [1.54, 1.807) is 11.8 Å². The Morgan fingerprint density at radius 3 is 2.12 bits per heavy atom. The Morgan fingerprint density at radius 2 is 1.44 bits per heavy atom. The highest BCUT2D eigenvalue weighted by atomic mass is 32.2. The zero-order valence-electron chi connectivity index (χ0n) is 25.0. The molecule has 1 heterocycles. The summed E-state index contributed by atoms with van der Waals surface area (Å²) in [6.07, 6.45) is 5.57. The second-order valence-corrected chi connectivity index (χ2v) is 14.9. The second-order valence-electron chi connectivity index (χ2n) is 14.0. The third kappa shape index (κ3) is 4.37. The minimum Gasteiger partial charge on any atom is -0.507 e. The number of rotatable bonds is 3. The van der Waals surface area contributed by atoms with Crippen molar-refractivity contribution in [2.24, 2.45) is 10.8 Å². The predicted molar refractivity (Wildman–Crippen MR) is 173 cm³/mol. The van der Waals surface area contributed by atoms with Gasteiger partial charge >= 0.3 is 0 Å². The first-order chi connectivity index (χ1) is 19.6. The van der Waals surface area contributed by atoms with Gasteiger partial charge in [0.1, 0.15) is 5.75 Å². The SMILES string of the molecule is CSc1cc2c3c(cc(O)c2cc1-c1ccc(N2CCOCC2)cc1)C1(CC(C)(C)CC(C)(C)C1)c1ccccc1-3. The molecule has 0 unspecified atom stereocenters. The summed E-state index contributed by atoms with van der Waals surface area (Å²) in [4.78, 5) is 3.63. The van der Waals surface area contributed by atoms with E-state index < -0.39 is 0 Å². The van der Waals surface area contributed by atoms with E-state index in [-0.39, 0.29) is 16.2 Å². The average Bonchev–Trinajstić information content (AvgIpc) is 3.19. The van der Waals surface area contributed by atoms with Gasteiger partial charge in [-0.05, 0) is 105 Å². The van der Waals surface area contributed by atoms with Crippen molar-refractivity contribution in [3.63, 3.8) is 0 Å². The number of thioether (sulfide) groups is 1. The number of ether oxygens (including phenoxy) is 1. The van der Waals surface area contributed by atoms with Crippen LogP contribution in [0.2, 0.25) is 0 Å². The van der Waals surface area contributed by atoms with Gasteiger partial charge in [-0.1, -0.05) is 64.1 Å². The van der Waals surface area contributed by atoms with Crippen molar-refractivity contribution in [1.82, 2.24) is 0 Å². The lowest BCUT2D eigenvalue weighted by Gasteiger charge is -2.51. The maximum absolute atomic E-state index is 11.7. The topological polar surface area (TPSA) is 32.7 Å². The molecule has 1 aliphatic heterocycles. The maximum Gasteiger partial charge on any atom is 0.123 e. The molecule has 0 radical (unpaired) electrons. The van der Waals surface area contributed by atoms with Crippen LogP contribution in [0.1, 0.15) is 58.1 Å². The Hall–Kier alpha value is -2.95. The number of fused-ring (bicyclic) bond motifs is 7. The molecule has 2 fully saturated rings. The fraction of sp³-hybridized carbons (Fsp3) is 0.405. The Morgan fingerprint density at radius 1 is 0.756 bits per heavy atom. The van der Waals surface area contributed by atoms with Crippen LogP contribution in [-0.4, -0.2) is 37.7 Å². The Balaban J connectivity index is 1.41. The van der Waals surface area contributed by atoms with Crippen molar-refractivity contribution in [2.45, 2.75) is 57.3 Å². The number of phenolic OH excluding ortho intramolecular Hbond substituents is 1. The first-order valence-electron chi connectivity index (χ1n) is 15.0. The molecule has 0 amide bonds. The van der Waals surface area contributed by atoms with Gasteiger partial charge in [-0.25, -0.2) is 0 Å². The summed E-state index contributed by atoms with van der Waals surface area (Å²) in [5.74, 6) is 0.394. The molecule has 1 saturated heterocycles. The van der Waals surface area contributed by atoms with Crippen LogP contribution >= 0.6 is 11.8 Å². The summed E-state index contributed by atoms with van der Waals surface area (Å²) in [7, 11) is 0. The minimum absolute atomic E-state index is 0.0869. The van der Waals surface area contributed by atoms with Gasteiger partial charge in [0.15, 0.2) is 0 Å². The Bertz CT molecular complexity index is 1630. The summed E-state index contributed by atoms with van der Waals surface area (Å²) in [5, 5.41) is 13.8. The average molecular weight is 564 g/mol. The number of anilines is 1. The van der Waals surface area contributed by atoms with Crippen LogP contribution in [0, 0.1) is 10.8 Å². The van der Waals surface area contributed by atoms with Gasteiger partial charge in [-0.3, -0.25) is 0 Å². The van der Waals surface area contributed by atoms with Crippen LogP contribution in [0.25, 0.3) is 33.0 Å². The van der Waals surface area contributed by atoms with Crippen LogP contribution in [0.3, 0.4) is 0 Å². The minimum atomic E-state index is -0.0869. The molecule has 1 N–H and O–H groups in total. The molecular formula is C37H41NO2S. The lowest BCUT2D eigenvalue weighted by atomic mass is 9.52. The fourth-order valence-electron chi connectivity index (χ4n) is 8.93.